The molecule has 1 amide bonds. The van der Waals surface area contributed by atoms with Crippen molar-refractivity contribution in [3.05, 3.63) is 23.7 Å². The second-order valence-electron chi connectivity index (χ2n) is 4.82. The topological polar surface area (TPSA) is 57.5 Å². The molecule has 1 aliphatic rings. The smallest absolute Gasteiger partial charge is 0.286 e. The molecule has 1 aromatic heterocycles. The molecule has 0 spiro atoms. The molecule has 0 unspecified atom stereocenters. The van der Waals surface area contributed by atoms with Crippen LogP contribution in [0.2, 0.25) is 0 Å². The molecule has 19 heavy (non-hydrogen) atoms. The molecule has 0 atom stereocenters. The molecule has 1 aliphatic heterocycles. The Morgan fingerprint density at radius 3 is 2.89 bits per heavy atom. The van der Waals surface area contributed by atoms with Crippen molar-refractivity contribution in [2.24, 2.45) is 0 Å². The van der Waals surface area contributed by atoms with Crippen molar-refractivity contribution in [1.29, 1.82) is 0 Å². The lowest BCUT2D eigenvalue weighted by Gasteiger charge is -2.26. The third-order valence-corrected chi connectivity index (χ3v) is 3.38. The van der Waals surface area contributed by atoms with Crippen LogP contribution in [0.5, 0.6) is 0 Å². The molecule has 0 aliphatic carbocycles. The summed E-state index contributed by atoms with van der Waals surface area (Å²) in [6.07, 6.45) is 1.79. The van der Waals surface area contributed by atoms with Gasteiger partial charge in [-0.1, -0.05) is 6.92 Å². The molecule has 5 heteroatoms. The second kappa shape index (κ2) is 7.31. The van der Waals surface area contributed by atoms with E-state index in [1.807, 2.05) is 13.0 Å². The Bertz CT molecular complexity index is 397. The molecule has 0 saturated carbocycles. The number of nitrogens with zero attached hydrogens (tertiary/aromatic N) is 1. The van der Waals surface area contributed by atoms with Crippen molar-refractivity contribution in [1.82, 2.24) is 15.5 Å². The van der Waals surface area contributed by atoms with Crippen LogP contribution in [0.4, 0.5) is 0 Å². The normalized spacial score (nSPS) is 16.5. The molecular weight excluding hydrogens is 242 g/mol. The van der Waals surface area contributed by atoms with Crippen molar-refractivity contribution >= 4 is 5.91 Å². The van der Waals surface area contributed by atoms with Gasteiger partial charge in [-0.3, -0.25) is 4.79 Å². The van der Waals surface area contributed by atoms with Gasteiger partial charge in [-0.15, -0.1) is 0 Å². The average Bonchev–Trinajstić information content (AvgIpc) is 2.93. The van der Waals surface area contributed by atoms with Crippen LogP contribution in [0.15, 0.2) is 16.5 Å². The Kier molecular flexibility index (Phi) is 5.42. The monoisotopic (exact) mass is 265 g/mol. The number of aryl methyl sites for hydroxylation is 1. The van der Waals surface area contributed by atoms with E-state index in [4.69, 9.17) is 4.42 Å². The number of carbonyl (C=O) groups excluding carboxylic acids is 1. The molecule has 1 saturated heterocycles. The summed E-state index contributed by atoms with van der Waals surface area (Å²) in [6.45, 7) is 8.09. The van der Waals surface area contributed by atoms with Gasteiger partial charge >= 0.3 is 0 Å². The van der Waals surface area contributed by atoms with Crippen molar-refractivity contribution in [3.8, 4) is 0 Å². The van der Waals surface area contributed by atoms with Gasteiger partial charge in [0.15, 0.2) is 5.76 Å². The zero-order valence-electron chi connectivity index (χ0n) is 11.6. The minimum atomic E-state index is -0.111. The molecule has 1 fully saturated rings. The SMILES string of the molecule is CCc1ccc(C(=O)NCCCN2CCNCC2)o1. The standard InChI is InChI=1S/C14H23N3O2/c1-2-12-4-5-13(19-12)14(18)16-6-3-9-17-10-7-15-8-11-17/h4-5,15H,2-3,6-11H2,1H3,(H,16,18). The lowest BCUT2D eigenvalue weighted by molar-refractivity contribution is 0.0922. The van der Waals surface area contributed by atoms with Gasteiger partial charge in [0.25, 0.3) is 5.91 Å². The molecular formula is C14H23N3O2. The first-order valence-corrected chi connectivity index (χ1v) is 7.09. The van der Waals surface area contributed by atoms with Crippen molar-refractivity contribution < 1.29 is 9.21 Å². The third-order valence-electron chi connectivity index (χ3n) is 3.38. The van der Waals surface area contributed by atoms with Crippen LogP contribution < -0.4 is 10.6 Å². The van der Waals surface area contributed by atoms with Crippen LogP contribution in [0.1, 0.15) is 29.7 Å². The highest BCUT2D eigenvalue weighted by molar-refractivity contribution is 5.91. The number of hydrogen-bond donors (Lipinski definition) is 2. The fraction of sp³-hybridized carbons (Fsp3) is 0.643. The molecule has 0 bridgehead atoms. The maximum atomic E-state index is 11.8. The number of hydrogen-bond acceptors (Lipinski definition) is 4. The Morgan fingerprint density at radius 2 is 2.21 bits per heavy atom. The van der Waals surface area contributed by atoms with E-state index in [9.17, 15) is 4.79 Å². The van der Waals surface area contributed by atoms with Gasteiger partial charge < -0.3 is 20.0 Å². The Labute approximate surface area is 114 Å². The predicted molar refractivity (Wildman–Crippen MR) is 74.3 cm³/mol. The number of rotatable bonds is 6. The largest absolute Gasteiger partial charge is 0.456 e. The van der Waals surface area contributed by atoms with Gasteiger partial charge in [0.05, 0.1) is 0 Å². The first-order valence-electron chi connectivity index (χ1n) is 7.09. The van der Waals surface area contributed by atoms with Crippen LogP contribution >= 0.6 is 0 Å². The Hall–Kier alpha value is -1.33. The van der Waals surface area contributed by atoms with Gasteiger partial charge in [-0.2, -0.15) is 0 Å². The quantitative estimate of drug-likeness (QED) is 0.749. The van der Waals surface area contributed by atoms with Gasteiger partial charge in [-0.25, -0.2) is 0 Å². The van der Waals surface area contributed by atoms with Gasteiger partial charge in [0.2, 0.25) is 0 Å². The number of piperazine rings is 1. The van der Waals surface area contributed by atoms with Crippen LogP contribution in [-0.2, 0) is 6.42 Å². The summed E-state index contributed by atoms with van der Waals surface area (Å²) < 4.78 is 5.41. The Morgan fingerprint density at radius 1 is 1.42 bits per heavy atom. The summed E-state index contributed by atoms with van der Waals surface area (Å²) in [5.74, 6) is 1.16. The number of nitrogens with one attached hydrogen (secondary N) is 2. The van der Waals surface area contributed by atoms with Gasteiger partial charge in [0.1, 0.15) is 5.76 Å². The molecule has 1 aromatic rings. The summed E-state index contributed by atoms with van der Waals surface area (Å²) >= 11 is 0. The van der Waals surface area contributed by atoms with Crippen molar-refractivity contribution in [2.75, 3.05) is 39.3 Å². The zero-order chi connectivity index (χ0) is 13.5. The maximum absolute atomic E-state index is 11.8. The van der Waals surface area contributed by atoms with E-state index < -0.39 is 0 Å². The van der Waals surface area contributed by atoms with E-state index in [-0.39, 0.29) is 5.91 Å². The Balaban J connectivity index is 1.63. The highest BCUT2D eigenvalue weighted by Gasteiger charge is 2.11. The third kappa shape index (κ3) is 4.36. The number of carbonyl (C=O) groups is 1. The summed E-state index contributed by atoms with van der Waals surface area (Å²) in [6, 6.07) is 3.60. The maximum Gasteiger partial charge on any atom is 0.286 e. The molecule has 0 aromatic carbocycles. The minimum Gasteiger partial charge on any atom is -0.456 e. The highest BCUT2D eigenvalue weighted by atomic mass is 16.3. The minimum absolute atomic E-state index is 0.111. The van der Waals surface area contributed by atoms with E-state index >= 15 is 0 Å². The van der Waals surface area contributed by atoms with Crippen molar-refractivity contribution in [2.45, 2.75) is 19.8 Å². The average molecular weight is 265 g/mol. The highest BCUT2D eigenvalue weighted by Crippen LogP contribution is 2.07. The van der Waals surface area contributed by atoms with E-state index in [1.165, 1.54) is 0 Å². The van der Waals surface area contributed by atoms with Gasteiger partial charge in [-0.05, 0) is 25.1 Å². The summed E-state index contributed by atoms with van der Waals surface area (Å²) in [5, 5.41) is 6.23. The molecule has 106 valence electrons. The van der Waals surface area contributed by atoms with E-state index in [0.29, 0.717) is 12.3 Å². The van der Waals surface area contributed by atoms with E-state index in [0.717, 1.165) is 51.3 Å². The fourth-order valence-corrected chi connectivity index (χ4v) is 2.22. The summed E-state index contributed by atoms with van der Waals surface area (Å²) in [4.78, 5) is 14.2. The molecule has 2 heterocycles. The van der Waals surface area contributed by atoms with Gasteiger partial charge in [0, 0.05) is 39.1 Å². The van der Waals surface area contributed by atoms with Crippen LogP contribution in [0.25, 0.3) is 0 Å². The lowest BCUT2D eigenvalue weighted by atomic mass is 10.3. The summed E-state index contributed by atoms with van der Waals surface area (Å²) in [7, 11) is 0. The molecule has 5 nitrogen and oxygen atoms in total. The van der Waals surface area contributed by atoms with Crippen LogP contribution in [0, 0.1) is 0 Å². The predicted octanol–water partition coefficient (Wildman–Crippen LogP) is 0.867. The second-order valence-corrected chi connectivity index (χ2v) is 4.82. The molecule has 0 radical (unpaired) electrons. The lowest BCUT2D eigenvalue weighted by Crippen LogP contribution is -2.44. The molecule has 2 rings (SSSR count). The first kappa shape index (κ1) is 14.1. The number of furan rings is 1. The van der Waals surface area contributed by atoms with E-state index in [1.54, 1.807) is 6.07 Å². The number of amides is 1. The summed E-state index contributed by atoms with van der Waals surface area (Å²) in [5.41, 5.74) is 0. The van der Waals surface area contributed by atoms with Crippen LogP contribution in [-0.4, -0.2) is 50.1 Å². The van der Waals surface area contributed by atoms with Crippen molar-refractivity contribution in [3.63, 3.8) is 0 Å². The first-order chi connectivity index (χ1) is 9.29. The van der Waals surface area contributed by atoms with E-state index in [2.05, 4.69) is 15.5 Å². The zero-order valence-corrected chi connectivity index (χ0v) is 11.6. The molecule has 2 N–H and O–H groups in total. The van der Waals surface area contributed by atoms with Crippen LogP contribution in [0.3, 0.4) is 0 Å². The fourth-order valence-electron chi connectivity index (χ4n) is 2.22.